The van der Waals surface area contributed by atoms with E-state index in [4.69, 9.17) is 5.11 Å². The number of carbonyl (C=O) groups is 3. The summed E-state index contributed by atoms with van der Waals surface area (Å²) in [7, 11) is 0. The van der Waals surface area contributed by atoms with Gasteiger partial charge in [-0.05, 0) is 18.2 Å². The van der Waals surface area contributed by atoms with Crippen LogP contribution in [0.15, 0.2) is 24.3 Å². The van der Waals surface area contributed by atoms with Crippen LogP contribution in [0.4, 0.5) is 5.69 Å². The molecule has 2 aromatic rings. The molecule has 0 atom stereocenters. The van der Waals surface area contributed by atoms with E-state index in [-0.39, 0.29) is 27.5 Å². The molecule has 8 heteroatoms. The van der Waals surface area contributed by atoms with Crippen LogP contribution in [-0.2, 0) is 4.74 Å². The van der Waals surface area contributed by atoms with Gasteiger partial charge in [0.05, 0.1) is 27.0 Å². The lowest BCUT2D eigenvalue weighted by molar-refractivity contribution is -0.383. The molecule has 0 aliphatic carbocycles. The standard InChI is InChI=1S/C13H5NO7/c15-11(16)5-1-2-6-9-7(13(18)21-12(6)17)3-4-8(10(5)9)14(19)20/h1-4H,(H,15,16). The molecule has 1 aliphatic heterocycles. The second kappa shape index (κ2) is 4.10. The summed E-state index contributed by atoms with van der Waals surface area (Å²) in [6.45, 7) is 0. The Morgan fingerprint density at radius 3 is 2.14 bits per heavy atom. The molecule has 0 bridgehead atoms. The highest BCUT2D eigenvalue weighted by molar-refractivity contribution is 6.24. The molecule has 2 aromatic carbocycles. The topological polar surface area (TPSA) is 124 Å². The van der Waals surface area contributed by atoms with Crippen LogP contribution in [0.1, 0.15) is 31.1 Å². The minimum atomic E-state index is -1.40. The molecule has 3 rings (SSSR count). The van der Waals surface area contributed by atoms with E-state index >= 15 is 0 Å². The molecule has 104 valence electrons. The summed E-state index contributed by atoms with van der Waals surface area (Å²) in [5, 5.41) is 19.9. The summed E-state index contributed by atoms with van der Waals surface area (Å²) in [5.74, 6) is -3.32. The summed E-state index contributed by atoms with van der Waals surface area (Å²) in [4.78, 5) is 45.0. The number of non-ortho nitro benzene ring substituents is 1. The predicted octanol–water partition coefficient (Wildman–Crippen LogP) is 1.76. The van der Waals surface area contributed by atoms with Crippen LogP contribution in [0, 0.1) is 10.1 Å². The maximum atomic E-state index is 11.7. The van der Waals surface area contributed by atoms with Gasteiger partial charge in [-0.3, -0.25) is 10.1 Å². The van der Waals surface area contributed by atoms with E-state index < -0.39 is 28.5 Å². The first-order chi connectivity index (χ1) is 9.91. The second-order valence-corrected chi connectivity index (χ2v) is 4.28. The Bertz CT molecular complexity index is 802. The number of ether oxygens (including phenoxy) is 1. The number of carboxylic acids is 1. The van der Waals surface area contributed by atoms with E-state index in [1.54, 1.807) is 0 Å². The van der Waals surface area contributed by atoms with Crippen molar-refractivity contribution in [3.63, 3.8) is 0 Å². The van der Waals surface area contributed by atoms with Crippen molar-refractivity contribution in [2.24, 2.45) is 0 Å². The molecule has 21 heavy (non-hydrogen) atoms. The monoisotopic (exact) mass is 287 g/mol. The van der Waals surface area contributed by atoms with Gasteiger partial charge in [0.1, 0.15) is 0 Å². The number of esters is 2. The quantitative estimate of drug-likeness (QED) is 0.386. The van der Waals surface area contributed by atoms with Crippen molar-refractivity contribution in [1.82, 2.24) is 0 Å². The number of carbonyl (C=O) groups excluding carboxylic acids is 2. The van der Waals surface area contributed by atoms with Gasteiger partial charge in [-0.2, -0.15) is 0 Å². The Morgan fingerprint density at radius 1 is 1.05 bits per heavy atom. The Kier molecular flexibility index (Phi) is 2.49. The van der Waals surface area contributed by atoms with E-state index in [0.29, 0.717) is 0 Å². The van der Waals surface area contributed by atoms with E-state index in [1.807, 2.05) is 0 Å². The first-order valence-corrected chi connectivity index (χ1v) is 5.65. The number of rotatable bonds is 2. The molecule has 0 radical (unpaired) electrons. The second-order valence-electron chi connectivity index (χ2n) is 4.28. The minimum Gasteiger partial charge on any atom is -0.478 e. The van der Waals surface area contributed by atoms with Crippen LogP contribution in [0.3, 0.4) is 0 Å². The van der Waals surface area contributed by atoms with Gasteiger partial charge >= 0.3 is 17.9 Å². The van der Waals surface area contributed by atoms with Crippen molar-refractivity contribution in [1.29, 1.82) is 0 Å². The molecule has 1 N–H and O–H groups in total. The summed E-state index contributed by atoms with van der Waals surface area (Å²) in [5.41, 5.74) is -0.998. The highest BCUT2D eigenvalue weighted by atomic mass is 16.6. The Morgan fingerprint density at radius 2 is 1.62 bits per heavy atom. The third-order valence-corrected chi connectivity index (χ3v) is 3.19. The first kappa shape index (κ1) is 12.7. The largest absolute Gasteiger partial charge is 0.478 e. The predicted molar refractivity (Wildman–Crippen MR) is 67.3 cm³/mol. The molecule has 0 fully saturated rings. The highest BCUT2D eigenvalue weighted by Gasteiger charge is 2.32. The lowest BCUT2D eigenvalue weighted by Gasteiger charge is -2.16. The number of carboxylic acid groups (broad SMARTS) is 1. The van der Waals surface area contributed by atoms with Crippen LogP contribution >= 0.6 is 0 Å². The molecule has 8 nitrogen and oxygen atoms in total. The minimum absolute atomic E-state index is 0.0645. The molecule has 0 spiro atoms. The number of nitro benzene ring substituents is 1. The molecular formula is C13H5NO7. The Balaban J connectivity index is 2.60. The number of nitrogens with zero attached hydrogens (tertiary/aromatic N) is 1. The van der Waals surface area contributed by atoms with E-state index in [2.05, 4.69) is 4.74 Å². The van der Waals surface area contributed by atoms with Gasteiger partial charge in [-0.25, -0.2) is 14.4 Å². The van der Waals surface area contributed by atoms with Crippen LogP contribution in [-0.4, -0.2) is 27.9 Å². The summed E-state index contributed by atoms with van der Waals surface area (Å²) in [6.07, 6.45) is 0. The first-order valence-electron chi connectivity index (χ1n) is 5.65. The summed E-state index contributed by atoms with van der Waals surface area (Å²) in [6, 6.07) is 4.41. The molecule has 1 heterocycles. The lowest BCUT2D eigenvalue weighted by Crippen LogP contribution is -2.20. The fraction of sp³-hybridized carbons (Fsp3) is 0. The molecule has 0 saturated heterocycles. The van der Waals surface area contributed by atoms with Gasteiger partial charge in [0.25, 0.3) is 5.69 Å². The number of aromatic carboxylic acids is 1. The SMILES string of the molecule is O=C1OC(=O)c2ccc([N+](=O)[O-])c3c(C(=O)O)ccc1c23. The van der Waals surface area contributed by atoms with Crippen molar-refractivity contribution >= 4 is 34.4 Å². The third-order valence-electron chi connectivity index (χ3n) is 3.19. The van der Waals surface area contributed by atoms with Crippen molar-refractivity contribution in [3.05, 3.63) is 51.1 Å². The number of hydrogen-bond acceptors (Lipinski definition) is 6. The van der Waals surface area contributed by atoms with Gasteiger partial charge in [0, 0.05) is 11.5 Å². The Labute approximate surface area is 115 Å². The van der Waals surface area contributed by atoms with Crippen molar-refractivity contribution in [2.75, 3.05) is 0 Å². The maximum absolute atomic E-state index is 11.7. The van der Waals surface area contributed by atoms with Crippen LogP contribution < -0.4 is 0 Å². The zero-order valence-corrected chi connectivity index (χ0v) is 10.2. The number of nitro groups is 1. The molecular weight excluding hydrogens is 282 g/mol. The van der Waals surface area contributed by atoms with Gasteiger partial charge in [0.15, 0.2) is 0 Å². The van der Waals surface area contributed by atoms with Crippen molar-refractivity contribution in [3.8, 4) is 0 Å². The zero-order chi connectivity index (χ0) is 15.3. The van der Waals surface area contributed by atoms with E-state index in [0.717, 1.165) is 18.2 Å². The number of cyclic esters (lactones) is 2. The van der Waals surface area contributed by atoms with Gasteiger partial charge in [-0.1, -0.05) is 0 Å². The molecule has 1 aliphatic rings. The molecule has 0 unspecified atom stereocenters. The lowest BCUT2D eigenvalue weighted by atomic mass is 9.92. The fourth-order valence-electron chi connectivity index (χ4n) is 2.34. The fourth-order valence-corrected chi connectivity index (χ4v) is 2.34. The van der Waals surface area contributed by atoms with E-state index in [9.17, 15) is 24.5 Å². The maximum Gasteiger partial charge on any atom is 0.346 e. The van der Waals surface area contributed by atoms with Crippen LogP contribution in [0.5, 0.6) is 0 Å². The van der Waals surface area contributed by atoms with Crippen LogP contribution in [0.2, 0.25) is 0 Å². The van der Waals surface area contributed by atoms with Crippen molar-refractivity contribution < 1.29 is 29.2 Å². The molecule has 0 saturated carbocycles. The number of benzene rings is 2. The normalized spacial score (nSPS) is 13.1. The highest BCUT2D eigenvalue weighted by Crippen LogP contribution is 2.36. The summed E-state index contributed by atoms with van der Waals surface area (Å²) < 4.78 is 4.51. The molecule has 0 amide bonds. The third kappa shape index (κ3) is 1.66. The average Bonchev–Trinajstić information content (AvgIpc) is 2.43. The zero-order valence-electron chi connectivity index (χ0n) is 10.2. The smallest absolute Gasteiger partial charge is 0.346 e. The Hall–Kier alpha value is -3.29. The summed E-state index contributed by atoms with van der Waals surface area (Å²) >= 11 is 0. The van der Waals surface area contributed by atoms with Gasteiger partial charge in [0.2, 0.25) is 0 Å². The van der Waals surface area contributed by atoms with Gasteiger partial charge < -0.3 is 9.84 Å². The van der Waals surface area contributed by atoms with E-state index in [1.165, 1.54) is 6.07 Å². The van der Waals surface area contributed by atoms with Crippen molar-refractivity contribution in [2.45, 2.75) is 0 Å². The van der Waals surface area contributed by atoms with Gasteiger partial charge in [-0.15, -0.1) is 0 Å². The molecule has 0 aromatic heterocycles. The number of hydrogen-bond donors (Lipinski definition) is 1. The van der Waals surface area contributed by atoms with Crippen LogP contribution in [0.25, 0.3) is 10.8 Å². The average molecular weight is 287 g/mol.